The van der Waals surface area contributed by atoms with Crippen molar-refractivity contribution in [3.05, 3.63) is 0 Å². The molecule has 0 bridgehead atoms. The number of hydrogen-bond acceptors (Lipinski definition) is 1. The van der Waals surface area contributed by atoms with Gasteiger partial charge in [0.1, 0.15) is 0 Å². The molecule has 1 radical (unpaired) electrons. The van der Waals surface area contributed by atoms with Crippen LogP contribution in [0.1, 0.15) is 13.8 Å². The van der Waals surface area contributed by atoms with Gasteiger partial charge in [-0.25, -0.2) is 4.39 Å². The van der Waals surface area contributed by atoms with Crippen molar-refractivity contribution in [3.8, 4) is 0 Å². The lowest BCUT2D eigenvalue weighted by molar-refractivity contribution is 0.322. The second kappa shape index (κ2) is 2.72. The van der Waals surface area contributed by atoms with Crippen LogP contribution in [0.25, 0.3) is 0 Å². The first-order valence-electron chi connectivity index (χ1n) is 2.20. The van der Waals surface area contributed by atoms with E-state index in [1.165, 1.54) is 6.29 Å². The molecule has 0 heterocycles. The number of hydrogen-bond donors (Lipinski definition) is 0. The smallest absolute Gasteiger partial charge is 0.235 e. The van der Waals surface area contributed by atoms with E-state index in [1.807, 2.05) is 0 Å². The molecule has 0 N–H and O–H groups in total. The van der Waals surface area contributed by atoms with Gasteiger partial charge in [-0.05, 0) is 5.92 Å². The molecule has 0 fully saturated rings. The van der Waals surface area contributed by atoms with Gasteiger partial charge in [-0.15, -0.1) is 0 Å². The van der Waals surface area contributed by atoms with Crippen LogP contribution in [-0.4, -0.2) is 12.5 Å². The zero-order valence-corrected chi connectivity index (χ0v) is 4.44. The van der Waals surface area contributed by atoms with Gasteiger partial charge in [0.15, 0.2) is 6.17 Å². The van der Waals surface area contributed by atoms with Gasteiger partial charge in [-0.2, -0.15) is 0 Å². The van der Waals surface area contributed by atoms with Crippen LogP contribution >= 0.6 is 0 Å². The average Bonchev–Trinajstić information content (AvgIpc) is 1.65. The van der Waals surface area contributed by atoms with Crippen molar-refractivity contribution in [2.24, 2.45) is 5.92 Å². The number of rotatable bonds is 2. The van der Waals surface area contributed by atoms with Crippen molar-refractivity contribution in [2.45, 2.75) is 20.0 Å². The first-order chi connectivity index (χ1) is 3.18. The van der Waals surface area contributed by atoms with Crippen LogP contribution in [0.15, 0.2) is 0 Å². The molecule has 0 aromatic heterocycles. The fourth-order valence-corrected chi connectivity index (χ4v) is 0.136. The maximum Gasteiger partial charge on any atom is 0.235 e. The molecule has 0 spiro atoms. The highest BCUT2D eigenvalue weighted by atomic mass is 19.1. The highest BCUT2D eigenvalue weighted by Gasteiger charge is 2.08. The lowest BCUT2D eigenvalue weighted by atomic mass is 10.1. The third-order valence-electron chi connectivity index (χ3n) is 0.698. The van der Waals surface area contributed by atoms with E-state index >= 15 is 0 Å². The second-order valence-corrected chi connectivity index (χ2v) is 1.76. The Morgan fingerprint density at radius 3 is 2.00 bits per heavy atom. The molecule has 0 aromatic rings. The summed E-state index contributed by atoms with van der Waals surface area (Å²) in [4.78, 5) is 9.45. The first-order valence-corrected chi connectivity index (χ1v) is 2.20. The van der Waals surface area contributed by atoms with Gasteiger partial charge in [0.25, 0.3) is 0 Å². The lowest BCUT2D eigenvalue weighted by Crippen LogP contribution is -2.09. The summed E-state index contributed by atoms with van der Waals surface area (Å²) in [6.07, 6.45) is -0.155. The summed E-state index contributed by atoms with van der Waals surface area (Å²) in [5.41, 5.74) is 0. The Balaban J connectivity index is 3.33. The molecule has 0 saturated heterocycles. The van der Waals surface area contributed by atoms with Gasteiger partial charge in [0.05, 0.1) is 0 Å². The Morgan fingerprint density at radius 1 is 1.57 bits per heavy atom. The van der Waals surface area contributed by atoms with E-state index < -0.39 is 6.17 Å². The third kappa shape index (κ3) is 2.31. The predicted molar refractivity (Wildman–Crippen MR) is 25.4 cm³/mol. The SMILES string of the molecule is CC(C)C(F)[C]=O. The van der Waals surface area contributed by atoms with Gasteiger partial charge < -0.3 is 0 Å². The number of halogens is 1. The van der Waals surface area contributed by atoms with Crippen LogP contribution < -0.4 is 0 Å². The summed E-state index contributed by atoms with van der Waals surface area (Å²) in [6.45, 7) is 3.27. The highest BCUT2D eigenvalue weighted by molar-refractivity contribution is 5.56. The quantitative estimate of drug-likeness (QED) is 0.511. The number of carbonyl (C=O) groups excluding carboxylic acids is 1. The van der Waals surface area contributed by atoms with Crippen LogP contribution in [0.2, 0.25) is 0 Å². The molecule has 1 unspecified atom stereocenters. The maximum absolute atomic E-state index is 11.8. The summed E-state index contributed by atoms with van der Waals surface area (Å²) in [6, 6.07) is 0. The van der Waals surface area contributed by atoms with Crippen molar-refractivity contribution in [1.29, 1.82) is 0 Å². The van der Waals surface area contributed by atoms with Crippen LogP contribution in [0.3, 0.4) is 0 Å². The molecule has 0 amide bonds. The molecule has 2 heteroatoms. The molecule has 41 valence electrons. The summed E-state index contributed by atoms with van der Waals surface area (Å²) in [7, 11) is 0. The molecule has 1 nitrogen and oxygen atoms in total. The van der Waals surface area contributed by atoms with Crippen LogP contribution in [-0.2, 0) is 4.79 Å². The van der Waals surface area contributed by atoms with Gasteiger partial charge in [0, 0.05) is 0 Å². The third-order valence-corrected chi connectivity index (χ3v) is 0.698. The molecule has 0 aliphatic carbocycles. The Morgan fingerprint density at radius 2 is 2.00 bits per heavy atom. The molecule has 0 aliphatic heterocycles. The van der Waals surface area contributed by atoms with Crippen LogP contribution in [0.4, 0.5) is 4.39 Å². The summed E-state index contributed by atoms with van der Waals surface area (Å²) in [5, 5.41) is 0. The normalized spacial score (nSPS) is 14.3. The van der Waals surface area contributed by atoms with Gasteiger partial charge in [-0.1, -0.05) is 13.8 Å². The topological polar surface area (TPSA) is 17.1 Å². The molecular formula is C5H8FO. The van der Waals surface area contributed by atoms with E-state index in [1.54, 1.807) is 13.8 Å². The second-order valence-electron chi connectivity index (χ2n) is 1.76. The molecule has 0 rings (SSSR count). The van der Waals surface area contributed by atoms with Gasteiger partial charge in [0.2, 0.25) is 6.29 Å². The molecule has 0 aromatic carbocycles. The minimum absolute atomic E-state index is 0.225. The Labute approximate surface area is 42.5 Å². The summed E-state index contributed by atoms with van der Waals surface area (Å²) >= 11 is 0. The van der Waals surface area contributed by atoms with E-state index in [0.29, 0.717) is 0 Å². The molecule has 0 saturated carbocycles. The molecular weight excluding hydrogens is 95.1 g/mol. The van der Waals surface area contributed by atoms with E-state index in [4.69, 9.17) is 0 Å². The Kier molecular flexibility index (Phi) is 2.56. The maximum atomic E-state index is 11.8. The summed E-state index contributed by atoms with van der Waals surface area (Å²) < 4.78 is 11.8. The van der Waals surface area contributed by atoms with E-state index in [2.05, 4.69) is 0 Å². The minimum Gasteiger partial charge on any atom is -0.287 e. The van der Waals surface area contributed by atoms with Crippen LogP contribution in [0.5, 0.6) is 0 Å². The Hall–Kier alpha value is -0.400. The van der Waals surface area contributed by atoms with E-state index in [9.17, 15) is 9.18 Å². The summed E-state index contributed by atoms with van der Waals surface area (Å²) in [5.74, 6) is -0.225. The van der Waals surface area contributed by atoms with Crippen molar-refractivity contribution in [3.63, 3.8) is 0 Å². The van der Waals surface area contributed by atoms with Crippen molar-refractivity contribution in [2.75, 3.05) is 0 Å². The zero-order valence-electron chi connectivity index (χ0n) is 4.44. The predicted octanol–water partition coefficient (Wildman–Crippen LogP) is 1.09. The fraction of sp³-hybridized carbons (Fsp3) is 0.800. The van der Waals surface area contributed by atoms with Crippen molar-refractivity contribution in [1.82, 2.24) is 0 Å². The molecule has 1 atom stereocenters. The molecule has 0 aliphatic rings. The van der Waals surface area contributed by atoms with Crippen molar-refractivity contribution >= 4 is 6.29 Å². The number of alkyl halides is 1. The largest absolute Gasteiger partial charge is 0.287 e. The average molecular weight is 103 g/mol. The standard InChI is InChI=1S/C5H8FO/c1-4(2)5(6)3-7/h4-5H,1-2H3. The molecule has 7 heavy (non-hydrogen) atoms. The van der Waals surface area contributed by atoms with Crippen LogP contribution in [0, 0.1) is 5.92 Å². The van der Waals surface area contributed by atoms with Crippen molar-refractivity contribution < 1.29 is 9.18 Å². The monoisotopic (exact) mass is 103 g/mol. The van der Waals surface area contributed by atoms with Gasteiger partial charge >= 0.3 is 0 Å². The highest BCUT2D eigenvalue weighted by Crippen LogP contribution is 2.00. The minimum atomic E-state index is -1.40. The fourth-order valence-electron chi connectivity index (χ4n) is 0.136. The van der Waals surface area contributed by atoms with E-state index in [-0.39, 0.29) is 5.92 Å². The lowest BCUT2D eigenvalue weighted by Gasteiger charge is -1.99. The first kappa shape index (κ1) is 6.60. The van der Waals surface area contributed by atoms with E-state index in [0.717, 1.165) is 0 Å². The Bertz CT molecular complexity index is 61.1. The zero-order chi connectivity index (χ0) is 5.86. The van der Waals surface area contributed by atoms with Gasteiger partial charge in [-0.3, -0.25) is 4.79 Å².